The lowest BCUT2D eigenvalue weighted by Crippen LogP contribution is -2.30. The summed E-state index contributed by atoms with van der Waals surface area (Å²) in [6, 6.07) is 6.64. The van der Waals surface area contributed by atoms with Crippen molar-refractivity contribution in [3.8, 4) is 0 Å². The molecule has 0 amide bonds. The second kappa shape index (κ2) is 12.0. The first kappa shape index (κ1) is 24.4. The van der Waals surface area contributed by atoms with Crippen molar-refractivity contribution in [3.63, 3.8) is 0 Å². The van der Waals surface area contributed by atoms with Crippen LogP contribution in [-0.2, 0) is 0 Å². The summed E-state index contributed by atoms with van der Waals surface area (Å²) >= 11 is 0. The Balaban J connectivity index is 2.79. The van der Waals surface area contributed by atoms with Crippen LogP contribution in [0, 0.1) is 0 Å². The van der Waals surface area contributed by atoms with E-state index in [-0.39, 0.29) is 0 Å². The molecule has 158 valence electrons. The maximum absolute atomic E-state index is 4.73. The number of hydrogen-bond acceptors (Lipinski definition) is 4. The number of nitrogens with zero attached hydrogens (tertiary/aromatic N) is 3. The van der Waals surface area contributed by atoms with Gasteiger partial charge in [-0.25, -0.2) is 0 Å². The minimum atomic E-state index is 0.487. The fourth-order valence-corrected chi connectivity index (χ4v) is 3.17. The van der Waals surface area contributed by atoms with Gasteiger partial charge in [0.15, 0.2) is 0 Å². The van der Waals surface area contributed by atoms with Crippen LogP contribution in [0.1, 0.15) is 64.5 Å². The molecule has 28 heavy (non-hydrogen) atoms. The lowest BCUT2D eigenvalue weighted by atomic mass is 9.92. The van der Waals surface area contributed by atoms with Crippen molar-refractivity contribution in [1.82, 2.24) is 9.80 Å². The van der Waals surface area contributed by atoms with Crippen LogP contribution >= 0.6 is 0 Å². The molecule has 1 aromatic carbocycles. The Labute approximate surface area is 173 Å². The molecule has 0 aliphatic rings. The quantitative estimate of drug-likeness (QED) is 0.530. The fourth-order valence-electron chi connectivity index (χ4n) is 3.17. The van der Waals surface area contributed by atoms with Gasteiger partial charge in [-0.1, -0.05) is 45.9 Å². The average molecular weight is 387 g/mol. The molecule has 1 rings (SSSR count). The largest absolute Gasteiger partial charge is 0.359 e. The molecule has 4 heteroatoms. The van der Waals surface area contributed by atoms with E-state index in [1.54, 1.807) is 0 Å². The third-order valence-corrected chi connectivity index (χ3v) is 4.89. The SMILES string of the molecule is CC(/C=C(\C)Nc1c(C(C)C)cccc1C(C)C)=NCCN(C)CCN(C)C. The fraction of sp³-hybridized carbons (Fsp3) is 0.625. The molecule has 1 aromatic rings. The summed E-state index contributed by atoms with van der Waals surface area (Å²) in [6.45, 7) is 17.2. The summed E-state index contributed by atoms with van der Waals surface area (Å²) in [7, 11) is 6.38. The monoisotopic (exact) mass is 386 g/mol. The van der Waals surface area contributed by atoms with Gasteiger partial charge in [0.05, 0.1) is 6.54 Å². The molecule has 0 spiro atoms. The molecule has 0 heterocycles. The van der Waals surface area contributed by atoms with Crippen LogP contribution < -0.4 is 5.32 Å². The topological polar surface area (TPSA) is 30.9 Å². The third-order valence-electron chi connectivity index (χ3n) is 4.89. The van der Waals surface area contributed by atoms with Gasteiger partial charge >= 0.3 is 0 Å². The number of benzene rings is 1. The van der Waals surface area contributed by atoms with Gasteiger partial charge < -0.3 is 15.1 Å². The highest BCUT2D eigenvalue weighted by Crippen LogP contribution is 2.33. The Hall–Kier alpha value is -1.65. The first-order valence-electron chi connectivity index (χ1n) is 10.5. The molecule has 4 nitrogen and oxygen atoms in total. The molecule has 0 aliphatic heterocycles. The zero-order valence-corrected chi connectivity index (χ0v) is 19.6. The van der Waals surface area contributed by atoms with Crippen LogP contribution in [0.2, 0.25) is 0 Å². The Morgan fingerprint density at radius 3 is 2.04 bits per heavy atom. The number of aliphatic imine (C=N–C) groups is 1. The number of likely N-dealkylation sites (N-methyl/N-ethyl adjacent to an activating group) is 2. The van der Waals surface area contributed by atoms with E-state index in [1.807, 2.05) is 0 Å². The van der Waals surface area contributed by atoms with Gasteiger partial charge in [-0.2, -0.15) is 0 Å². The van der Waals surface area contributed by atoms with E-state index in [0.29, 0.717) is 11.8 Å². The molecule has 0 saturated heterocycles. The minimum Gasteiger partial charge on any atom is -0.359 e. The average Bonchev–Trinajstić information content (AvgIpc) is 2.59. The molecule has 0 bridgehead atoms. The number of hydrogen-bond donors (Lipinski definition) is 1. The van der Waals surface area contributed by atoms with Crippen molar-refractivity contribution < 1.29 is 0 Å². The molecular formula is C24H42N4. The smallest absolute Gasteiger partial charge is 0.0519 e. The lowest BCUT2D eigenvalue weighted by molar-refractivity contribution is 0.288. The van der Waals surface area contributed by atoms with Crippen LogP contribution in [0.5, 0.6) is 0 Å². The van der Waals surface area contributed by atoms with Crippen molar-refractivity contribution in [2.24, 2.45) is 4.99 Å². The minimum absolute atomic E-state index is 0.487. The zero-order valence-electron chi connectivity index (χ0n) is 19.6. The second-order valence-electron chi connectivity index (χ2n) is 8.70. The summed E-state index contributed by atoms with van der Waals surface area (Å²) in [6.07, 6.45) is 2.15. The summed E-state index contributed by atoms with van der Waals surface area (Å²) < 4.78 is 0. The second-order valence-corrected chi connectivity index (χ2v) is 8.70. The van der Waals surface area contributed by atoms with Gasteiger partial charge in [0, 0.05) is 36.7 Å². The maximum Gasteiger partial charge on any atom is 0.0519 e. The van der Waals surface area contributed by atoms with Gasteiger partial charge in [0.2, 0.25) is 0 Å². The Morgan fingerprint density at radius 1 is 0.964 bits per heavy atom. The van der Waals surface area contributed by atoms with E-state index in [9.17, 15) is 0 Å². The highest BCUT2D eigenvalue weighted by Gasteiger charge is 2.13. The van der Waals surface area contributed by atoms with E-state index >= 15 is 0 Å². The van der Waals surface area contributed by atoms with Crippen molar-refractivity contribution in [1.29, 1.82) is 0 Å². The van der Waals surface area contributed by atoms with Crippen LogP contribution in [0.3, 0.4) is 0 Å². The standard InChI is InChI=1S/C24H42N4/c1-18(2)22-11-10-12-23(19(3)4)24(22)26-21(6)17-20(5)25-13-14-28(9)16-15-27(7)8/h10-12,17-19,26H,13-16H2,1-9H3/b21-17+,25-20?. The summed E-state index contributed by atoms with van der Waals surface area (Å²) in [4.78, 5) is 9.28. The highest BCUT2D eigenvalue weighted by atomic mass is 15.2. The van der Waals surface area contributed by atoms with E-state index in [4.69, 9.17) is 4.99 Å². The molecule has 0 aromatic heterocycles. The van der Waals surface area contributed by atoms with Crippen molar-refractivity contribution in [2.75, 3.05) is 52.6 Å². The van der Waals surface area contributed by atoms with E-state index in [1.165, 1.54) is 16.8 Å². The Bertz CT molecular complexity index is 630. The lowest BCUT2D eigenvalue weighted by Gasteiger charge is -2.21. The molecule has 0 atom stereocenters. The highest BCUT2D eigenvalue weighted by molar-refractivity contribution is 5.93. The van der Waals surface area contributed by atoms with Gasteiger partial charge in [0.25, 0.3) is 0 Å². The summed E-state index contributed by atoms with van der Waals surface area (Å²) in [5, 5.41) is 3.67. The van der Waals surface area contributed by atoms with Crippen molar-refractivity contribution in [2.45, 2.75) is 53.4 Å². The predicted molar refractivity (Wildman–Crippen MR) is 126 cm³/mol. The zero-order chi connectivity index (χ0) is 21.3. The predicted octanol–water partition coefficient (Wildman–Crippen LogP) is 5.20. The molecule has 0 radical (unpaired) electrons. The van der Waals surface area contributed by atoms with Gasteiger partial charge in [-0.15, -0.1) is 0 Å². The number of nitrogens with one attached hydrogen (secondary N) is 1. The number of rotatable bonds is 11. The van der Waals surface area contributed by atoms with Crippen LogP contribution in [0.4, 0.5) is 5.69 Å². The molecule has 0 saturated carbocycles. The van der Waals surface area contributed by atoms with Crippen LogP contribution in [-0.4, -0.2) is 62.8 Å². The normalized spacial score (nSPS) is 13.3. The van der Waals surface area contributed by atoms with Gasteiger partial charge in [0.1, 0.15) is 0 Å². The van der Waals surface area contributed by atoms with Crippen molar-refractivity contribution in [3.05, 3.63) is 41.1 Å². The number of anilines is 1. The Morgan fingerprint density at radius 2 is 1.54 bits per heavy atom. The first-order valence-corrected chi connectivity index (χ1v) is 10.5. The van der Waals surface area contributed by atoms with E-state index in [0.717, 1.165) is 37.6 Å². The maximum atomic E-state index is 4.73. The molecule has 1 N–H and O–H groups in total. The number of para-hydroxylation sites is 1. The molecular weight excluding hydrogens is 344 g/mol. The summed E-state index contributed by atoms with van der Waals surface area (Å²) in [5.74, 6) is 0.975. The van der Waals surface area contributed by atoms with Gasteiger partial charge in [-0.05, 0) is 64.0 Å². The van der Waals surface area contributed by atoms with Gasteiger partial charge in [-0.3, -0.25) is 4.99 Å². The van der Waals surface area contributed by atoms with E-state index in [2.05, 4.69) is 102 Å². The summed E-state index contributed by atoms with van der Waals surface area (Å²) in [5.41, 5.74) is 6.21. The Kier molecular flexibility index (Phi) is 10.5. The van der Waals surface area contributed by atoms with Crippen LogP contribution in [0.25, 0.3) is 0 Å². The van der Waals surface area contributed by atoms with Crippen molar-refractivity contribution >= 4 is 11.4 Å². The molecule has 0 fully saturated rings. The first-order chi connectivity index (χ1) is 13.1. The third kappa shape index (κ3) is 8.57. The molecule has 0 aliphatic carbocycles. The van der Waals surface area contributed by atoms with E-state index < -0.39 is 0 Å². The number of allylic oxidation sites excluding steroid dienone is 2. The molecule has 0 unspecified atom stereocenters. The van der Waals surface area contributed by atoms with Crippen LogP contribution in [0.15, 0.2) is 35.0 Å².